The molecule has 4 rings (SSSR count). The summed E-state index contributed by atoms with van der Waals surface area (Å²) >= 11 is 0. The number of primary sulfonamides is 1. The number of nitrogens with two attached hydrogens (primary N) is 1. The molecule has 0 saturated carbocycles. The molecule has 9 nitrogen and oxygen atoms in total. The van der Waals surface area contributed by atoms with E-state index in [9.17, 15) is 8.42 Å². The molecule has 0 bridgehead atoms. The molecule has 3 N–H and O–H groups in total. The van der Waals surface area contributed by atoms with Crippen LogP contribution in [0.1, 0.15) is 29.9 Å². The largest absolute Gasteiger partial charge is 0.497 e. The Morgan fingerprint density at radius 2 is 2.03 bits per heavy atom. The normalized spacial score (nSPS) is 17.1. The summed E-state index contributed by atoms with van der Waals surface area (Å²) in [6.07, 6.45) is 1.97. The van der Waals surface area contributed by atoms with Gasteiger partial charge in [0.2, 0.25) is 15.8 Å². The second-order valence-electron chi connectivity index (χ2n) is 7.30. The minimum absolute atomic E-state index is 0.0228. The van der Waals surface area contributed by atoms with Crippen LogP contribution in [-0.4, -0.2) is 48.8 Å². The number of aromatic nitrogens is 4. The molecule has 10 heteroatoms. The van der Waals surface area contributed by atoms with E-state index in [1.54, 1.807) is 13.2 Å². The van der Waals surface area contributed by atoms with Crippen molar-refractivity contribution in [1.29, 1.82) is 0 Å². The lowest BCUT2D eigenvalue weighted by Crippen LogP contribution is -2.29. The second-order valence-corrected chi connectivity index (χ2v) is 8.83. The molecule has 1 unspecified atom stereocenters. The Kier molecular flexibility index (Phi) is 5.80. The molecule has 1 saturated heterocycles. The molecule has 0 spiro atoms. The van der Waals surface area contributed by atoms with Gasteiger partial charge in [-0.15, -0.1) is 10.2 Å². The van der Waals surface area contributed by atoms with Crippen LogP contribution in [0, 0.1) is 0 Å². The highest BCUT2D eigenvalue weighted by Crippen LogP contribution is 2.35. The molecular weight excluding hydrogens is 404 g/mol. The zero-order valence-corrected chi connectivity index (χ0v) is 17.5. The van der Waals surface area contributed by atoms with Gasteiger partial charge in [0, 0.05) is 12.1 Å². The van der Waals surface area contributed by atoms with E-state index < -0.39 is 10.0 Å². The van der Waals surface area contributed by atoms with E-state index in [1.165, 1.54) is 10.9 Å². The lowest BCUT2D eigenvalue weighted by atomic mass is 9.88. The standard InChI is InChI=1S/C20H24N6O3S/c1-29-16-9-7-14(8-10-16)13-26-24-20(23-25-26)19-17(15-4-3-11-22-12-15)5-2-6-18(19)30(21,27)28/h2,5-10,15,22H,3-4,11-13H2,1H3,(H2,21,27,28). The van der Waals surface area contributed by atoms with Gasteiger partial charge in [-0.2, -0.15) is 4.80 Å². The van der Waals surface area contributed by atoms with Crippen LogP contribution in [0.5, 0.6) is 5.75 Å². The third-order valence-corrected chi connectivity index (χ3v) is 6.21. The summed E-state index contributed by atoms with van der Waals surface area (Å²) in [6, 6.07) is 12.7. The fourth-order valence-corrected chi connectivity index (χ4v) is 4.55. The van der Waals surface area contributed by atoms with Gasteiger partial charge in [-0.3, -0.25) is 0 Å². The first-order valence-electron chi connectivity index (χ1n) is 9.73. The molecule has 0 aliphatic carbocycles. The van der Waals surface area contributed by atoms with Gasteiger partial charge < -0.3 is 10.1 Å². The number of nitrogens with zero attached hydrogens (tertiary/aromatic N) is 4. The Labute approximate surface area is 175 Å². The molecule has 1 fully saturated rings. The average molecular weight is 429 g/mol. The zero-order chi connectivity index (χ0) is 21.1. The van der Waals surface area contributed by atoms with Gasteiger partial charge in [-0.05, 0) is 59.8 Å². The van der Waals surface area contributed by atoms with Gasteiger partial charge in [0.05, 0.1) is 18.6 Å². The van der Waals surface area contributed by atoms with Crippen LogP contribution in [0.25, 0.3) is 11.4 Å². The van der Waals surface area contributed by atoms with Crippen molar-refractivity contribution in [2.75, 3.05) is 20.2 Å². The molecule has 30 heavy (non-hydrogen) atoms. The summed E-state index contributed by atoms with van der Waals surface area (Å²) in [6.45, 7) is 2.12. The van der Waals surface area contributed by atoms with Gasteiger partial charge in [-0.25, -0.2) is 13.6 Å². The molecule has 158 valence electrons. The van der Waals surface area contributed by atoms with Crippen LogP contribution in [0.4, 0.5) is 0 Å². The molecule has 0 radical (unpaired) electrons. The van der Waals surface area contributed by atoms with Crippen molar-refractivity contribution < 1.29 is 13.2 Å². The lowest BCUT2D eigenvalue weighted by Gasteiger charge is -2.25. The number of hydrogen-bond donors (Lipinski definition) is 2. The Morgan fingerprint density at radius 3 is 2.70 bits per heavy atom. The zero-order valence-electron chi connectivity index (χ0n) is 16.7. The highest BCUT2D eigenvalue weighted by molar-refractivity contribution is 7.89. The molecular formula is C20H24N6O3S. The van der Waals surface area contributed by atoms with E-state index in [0.29, 0.717) is 12.1 Å². The van der Waals surface area contributed by atoms with Crippen molar-refractivity contribution in [3.8, 4) is 17.1 Å². The first kappa shape index (κ1) is 20.5. The maximum atomic E-state index is 12.3. The fourth-order valence-electron chi connectivity index (χ4n) is 3.79. The van der Waals surface area contributed by atoms with Gasteiger partial charge in [0.15, 0.2) is 0 Å². The Morgan fingerprint density at radius 1 is 1.23 bits per heavy atom. The van der Waals surface area contributed by atoms with Crippen LogP contribution in [0.3, 0.4) is 0 Å². The summed E-state index contributed by atoms with van der Waals surface area (Å²) in [5.41, 5.74) is 2.28. The van der Waals surface area contributed by atoms with Crippen molar-refractivity contribution >= 4 is 10.0 Å². The summed E-state index contributed by atoms with van der Waals surface area (Å²) in [4.78, 5) is 1.47. The van der Waals surface area contributed by atoms with Crippen LogP contribution in [0.15, 0.2) is 47.4 Å². The number of ether oxygens (including phenoxy) is 1. The van der Waals surface area contributed by atoms with Gasteiger partial charge in [-0.1, -0.05) is 24.3 Å². The second kappa shape index (κ2) is 8.50. The minimum atomic E-state index is -3.95. The predicted octanol–water partition coefficient (Wildman–Crippen LogP) is 1.51. The van der Waals surface area contributed by atoms with E-state index in [1.807, 2.05) is 30.3 Å². The van der Waals surface area contributed by atoms with Gasteiger partial charge in [0.25, 0.3) is 0 Å². The van der Waals surface area contributed by atoms with Gasteiger partial charge >= 0.3 is 0 Å². The first-order chi connectivity index (χ1) is 14.5. The minimum Gasteiger partial charge on any atom is -0.497 e. The van der Waals surface area contributed by atoms with Crippen LogP contribution < -0.4 is 15.2 Å². The third-order valence-electron chi connectivity index (χ3n) is 5.26. The van der Waals surface area contributed by atoms with Crippen LogP contribution in [0.2, 0.25) is 0 Å². The number of hydrogen-bond acceptors (Lipinski definition) is 7. The average Bonchev–Trinajstić information content (AvgIpc) is 3.22. The quantitative estimate of drug-likeness (QED) is 0.610. The van der Waals surface area contributed by atoms with Crippen molar-refractivity contribution in [2.24, 2.45) is 5.14 Å². The van der Waals surface area contributed by atoms with Crippen molar-refractivity contribution in [1.82, 2.24) is 25.5 Å². The molecule has 1 atom stereocenters. The van der Waals surface area contributed by atoms with E-state index in [0.717, 1.165) is 42.8 Å². The molecule has 3 aromatic rings. The number of benzene rings is 2. The van der Waals surface area contributed by atoms with Crippen molar-refractivity contribution in [3.05, 3.63) is 53.6 Å². The molecule has 2 aromatic carbocycles. The predicted molar refractivity (Wildman–Crippen MR) is 112 cm³/mol. The first-order valence-corrected chi connectivity index (χ1v) is 11.3. The Hall–Kier alpha value is -2.82. The maximum Gasteiger partial charge on any atom is 0.238 e. The molecule has 2 heterocycles. The number of methoxy groups -OCH3 is 1. The van der Waals surface area contributed by atoms with Gasteiger partial charge in [0.1, 0.15) is 5.75 Å². The lowest BCUT2D eigenvalue weighted by molar-refractivity contribution is 0.414. The maximum absolute atomic E-state index is 12.3. The van der Waals surface area contributed by atoms with Crippen molar-refractivity contribution in [2.45, 2.75) is 30.2 Å². The highest BCUT2D eigenvalue weighted by Gasteiger charge is 2.27. The Bertz CT molecular complexity index is 1120. The van der Waals surface area contributed by atoms with E-state index in [-0.39, 0.29) is 16.6 Å². The van der Waals surface area contributed by atoms with E-state index in [4.69, 9.17) is 9.88 Å². The fraction of sp³-hybridized carbons (Fsp3) is 0.350. The monoisotopic (exact) mass is 428 g/mol. The number of sulfonamides is 1. The molecule has 1 aromatic heterocycles. The highest BCUT2D eigenvalue weighted by atomic mass is 32.2. The van der Waals surface area contributed by atoms with Crippen LogP contribution in [-0.2, 0) is 16.6 Å². The number of tetrazole rings is 1. The summed E-state index contributed by atoms with van der Waals surface area (Å²) < 4.78 is 29.7. The summed E-state index contributed by atoms with van der Waals surface area (Å²) in [5.74, 6) is 1.18. The molecule has 1 aliphatic heterocycles. The molecule has 1 aliphatic rings. The van der Waals surface area contributed by atoms with E-state index >= 15 is 0 Å². The topological polar surface area (TPSA) is 125 Å². The van der Waals surface area contributed by atoms with Crippen LogP contribution >= 0.6 is 0 Å². The number of nitrogens with one attached hydrogen (secondary N) is 1. The van der Waals surface area contributed by atoms with Crippen molar-refractivity contribution in [3.63, 3.8) is 0 Å². The molecule has 0 amide bonds. The third kappa shape index (κ3) is 4.35. The smallest absolute Gasteiger partial charge is 0.238 e. The number of rotatable bonds is 6. The summed E-state index contributed by atoms with van der Waals surface area (Å²) in [7, 11) is -2.34. The number of piperidine rings is 1. The van der Waals surface area contributed by atoms with E-state index in [2.05, 4.69) is 20.7 Å². The SMILES string of the molecule is COc1ccc(Cn2nnc(-c3c(C4CCCNC4)cccc3S(N)(=O)=O)n2)cc1. The Balaban J connectivity index is 1.72. The summed E-state index contributed by atoms with van der Waals surface area (Å²) in [5, 5.41) is 21.6.